The highest BCUT2D eigenvalue weighted by atomic mass is 16.5. The monoisotopic (exact) mass is 316 g/mol. The van der Waals surface area contributed by atoms with Gasteiger partial charge in [-0.15, -0.1) is 0 Å². The Labute approximate surface area is 138 Å². The van der Waals surface area contributed by atoms with Gasteiger partial charge in [-0.3, -0.25) is 10.7 Å². The molecule has 1 aromatic carbocycles. The molecule has 4 heteroatoms. The van der Waals surface area contributed by atoms with Gasteiger partial charge in [0.2, 0.25) is 0 Å². The molecule has 0 saturated heterocycles. The number of hydrogen-bond acceptors (Lipinski definition) is 4. The molecule has 0 heterocycles. The third-order valence-electron chi connectivity index (χ3n) is 2.03. The SMILES string of the molecule is CC.CC.CC.CC.CC(C)(Cc1ccc(NO)cc1)NO. The maximum atomic E-state index is 8.85. The lowest BCUT2D eigenvalue weighted by atomic mass is 9.96. The summed E-state index contributed by atoms with van der Waals surface area (Å²) in [7, 11) is 0. The van der Waals surface area contributed by atoms with Crippen LogP contribution < -0.4 is 11.0 Å². The Morgan fingerprint density at radius 3 is 1.41 bits per heavy atom. The molecule has 0 aliphatic rings. The largest absolute Gasteiger partial charge is 0.316 e. The first-order valence-corrected chi connectivity index (χ1v) is 8.48. The van der Waals surface area contributed by atoms with E-state index in [0.717, 1.165) is 12.0 Å². The standard InChI is InChI=1S/C10H16N2O2.4C2H6/c1-10(2,12-14)7-8-3-5-9(11-13)6-4-8;4*1-2/h3-6,11-14H,7H2,1-2H3;4*1-2H3. The van der Waals surface area contributed by atoms with E-state index in [1.807, 2.05) is 81.4 Å². The fourth-order valence-electron chi connectivity index (χ4n) is 1.25. The van der Waals surface area contributed by atoms with Gasteiger partial charge in [-0.05, 0) is 38.0 Å². The average Bonchev–Trinajstić information content (AvgIpc) is 2.62. The first-order valence-electron chi connectivity index (χ1n) is 8.48. The van der Waals surface area contributed by atoms with Crippen LogP contribution in [0.15, 0.2) is 24.3 Å². The van der Waals surface area contributed by atoms with Crippen LogP contribution in [0.2, 0.25) is 0 Å². The molecular weight excluding hydrogens is 276 g/mol. The Kier molecular flexibility index (Phi) is 29.2. The summed E-state index contributed by atoms with van der Waals surface area (Å²) in [6, 6.07) is 7.36. The summed E-state index contributed by atoms with van der Waals surface area (Å²) < 4.78 is 0. The lowest BCUT2D eigenvalue weighted by Gasteiger charge is -2.22. The number of anilines is 1. The minimum atomic E-state index is -0.339. The first kappa shape index (κ1) is 29.0. The second-order valence-corrected chi connectivity index (χ2v) is 3.98. The van der Waals surface area contributed by atoms with Crippen LogP contribution in [0.25, 0.3) is 0 Å². The van der Waals surface area contributed by atoms with E-state index in [1.165, 1.54) is 0 Å². The fraction of sp³-hybridized carbons (Fsp3) is 0.667. The van der Waals surface area contributed by atoms with Crippen LogP contribution in [0.4, 0.5) is 5.69 Å². The van der Waals surface area contributed by atoms with Crippen molar-refractivity contribution in [2.45, 2.75) is 81.2 Å². The number of rotatable bonds is 4. The summed E-state index contributed by atoms with van der Waals surface area (Å²) in [4.78, 5) is 0. The zero-order valence-corrected chi connectivity index (χ0v) is 16.4. The molecule has 0 amide bonds. The lowest BCUT2D eigenvalue weighted by Crippen LogP contribution is -2.38. The van der Waals surface area contributed by atoms with Crippen LogP contribution in [-0.4, -0.2) is 16.0 Å². The van der Waals surface area contributed by atoms with Crippen molar-refractivity contribution >= 4 is 5.69 Å². The predicted octanol–water partition coefficient (Wildman–Crippen LogP) is 5.89. The molecule has 0 aromatic heterocycles. The molecular formula is C18H40N2O2. The summed E-state index contributed by atoms with van der Waals surface area (Å²) in [6.45, 7) is 19.8. The van der Waals surface area contributed by atoms with Crippen LogP contribution in [0.3, 0.4) is 0 Å². The molecule has 4 nitrogen and oxygen atoms in total. The smallest absolute Gasteiger partial charge is 0.0602 e. The van der Waals surface area contributed by atoms with E-state index in [1.54, 1.807) is 12.1 Å². The lowest BCUT2D eigenvalue weighted by molar-refractivity contribution is 0.0817. The van der Waals surface area contributed by atoms with Gasteiger partial charge in [0, 0.05) is 5.54 Å². The summed E-state index contributed by atoms with van der Waals surface area (Å²) in [5.74, 6) is 0. The quantitative estimate of drug-likeness (QED) is 0.523. The maximum Gasteiger partial charge on any atom is 0.0602 e. The fourth-order valence-corrected chi connectivity index (χ4v) is 1.25. The van der Waals surface area contributed by atoms with Gasteiger partial charge < -0.3 is 5.21 Å². The van der Waals surface area contributed by atoms with Crippen LogP contribution in [0.1, 0.15) is 74.8 Å². The van der Waals surface area contributed by atoms with Gasteiger partial charge in [0.1, 0.15) is 0 Å². The van der Waals surface area contributed by atoms with E-state index < -0.39 is 0 Å². The molecule has 0 unspecified atom stereocenters. The Morgan fingerprint density at radius 2 is 1.14 bits per heavy atom. The van der Waals surface area contributed by atoms with E-state index in [2.05, 4.69) is 11.0 Å². The van der Waals surface area contributed by atoms with Crippen molar-refractivity contribution in [3.05, 3.63) is 29.8 Å². The van der Waals surface area contributed by atoms with E-state index >= 15 is 0 Å². The van der Waals surface area contributed by atoms with Crippen molar-refractivity contribution in [1.82, 2.24) is 5.48 Å². The van der Waals surface area contributed by atoms with Gasteiger partial charge >= 0.3 is 0 Å². The summed E-state index contributed by atoms with van der Waals surface area (Å²) in [5.41, 5.74) is 5.73. The molecule has 0 spiro atoms. The van der Waals surface area contributed by atoms with Crippen molar-refractivity contribution in [2.24, 2.45) is 0 Å². The normalized spacial score (nSPS) is 8.36. The Morgan fingerprint density at radius 1 is 0.773 bits per heavy atom. The highest BCUT2D eigenvalue weighted by Gasteiger charge is 2.16. The summed E-state index contributed by atoms with van der Waals surface area (Å²) in [5, 5.41) is 17.5. The van der Waals surface area contributed by atoms with Crippen LogP contribution in [0.5, 0.6) is 0 Å². The molecule has 1 rings (SSSR count). The van der Waals surface area contributed by atoms with Crippen molar-refractivity contribution < 1.29 is 10.4 Å². The Hall–Kier alpha value is -1.10. The Balaban J connectivity index is -0.000000175. The molecule has 0 saturated carbocycles. The number of hydroxylamine groups is 1. The summed E-state index contributed by atoms with van der Waals surface area (Å²) >= 11 is 0. The van der Waals surface area contributed by atoms with Gasteiger partial charge in [0.15, 0.2) is 0 Å². The first-order chi connectivity index (χ1) is 10.6. The van der Waals surface area contributed by atoms with Crippen LogP contribution in [0, 0.1) is 0 Å². The second-order valence-electron chi connectivity index (χ2n) is 3.98. The molecule has 0 aliphatic heterocycles. The van der Waals surface area contributed by atoms with Gasteiger partial charge in [0.25, 0.3) is 0 Å². The predicted molar refractivity (Wildman–Crippen MR) is 99.9 cm³/mol. The summed E-state index contributed by atoms with van der Waals surface area (Å²) in [6.07, 6.45) is 0.717. The van der Waals surface area contributed by atoms with Gasteiger partial charge in [-0.2, -0.15) is 5.48 Å². The highest BCUT2D eigenvalue weighted by molar-refractivity contribution is 5.42. The highest BCUT2D eigenvalue weighted by Crippen LogP contribution is 2.14. The van der Waals surface area contributed by atoms with E-state index in [9.17, 15) is 0 Å². The second kappa shape index (κ2) is 22.2. The molecule has 4 N–H and O–H groups in total. The molecule has 134 valence electrons. The van der Waals surface area contributed by atoms with Crippen molar-refractivity contribution in [1.29, 1.82) is 0 Å². The molecule has 0 aliphatic carbocycles. The van der Waals surface area contributed by atoms with Crippen molar-refractivity contribution in [3.8, 4) is 0 Å². The van der Waals surface area contributed by atoms with Crippen molar-refractivity contribution in [2.75, 3.05) is 5.48 Å². The number of hydrogen-bond donors (Lipinski definition) is 4. The minimum absolute atomic E-state index is 0.339. The van der Waals surface area contributed by atoms with Crippen LogP contribution in [-0.2, 0) is 6.42 Å². The van der Waals surface area contributed by atoms with Crippen LogP contribution >= 0.6 is 0 Å². The van der Waals surface area contributed by atoms with Gasteiger partial charge in [0.05, 0.1) is 5.69 Å². The molecule has 22 heavy (non-hydrogen) atoms. The molecule has 0 radical (unpaired) electrons. The zero-order chi connectivity index (χ0) is 18.6. The molecule has 0 fully saturated rings. The third kappa shape index (κ3) is 17.0. The topological polar surface area (TPSA) is 64.5 Å². The minimum Gasteiger partial charge on any atom is -0.316 e. The van der Waals surface area contributed by atoms with Crippen molar-refractivity contribution in [3.63, 3.8) is 0 Å². The molecule has 1 aromatic rings. The van der Waals surface area contributed by atoms with Gasteiger partial charge in [-0.1, -0.05) is 67.5 Å². The van der Waals surface area contributed by atoms with Gasteiger partial charge in [-0.25, -0.2) is 0 Å². The number of nitrogens with one attached hydrogen (secondary N) is 2. The maximum absolute atomic E-state index is 8.85. The average molecular weight is 317 g/mol. The van der Waals surface area contributed by atoms with E-state index in [4.69, 9.17) is 10.4 Å². The number of benzene rings is 1. The zero-order valence-electron chi connectivity index (χ0n) is 16.4. The van der Waals surface area contributed by atoms with E-state index in [-0.39, 0.29) is 5.54 Å². The van der Waals surface area contributed by atoms with E-state index in [0.29, 0.717) is 5.69 Å². The Bertz CT molecular complexity index is 286. The third-order valence-corrected chi connectivity index (χ3v) is 2.03. The molecule has 0 bridgehead atoms. The molecule has 0 atom stereocenters.